The molecule has 1 aromatic carbocycles. The first-order chi connectivity index (χ1) is 10.3. The molecular formula is C14H14ClN5O. The number of nitrogens with one attached hydrogen (secondary N) is 1. The number of benzene rings is 1. The highest BCUT2D eigenvalue weighted by atomic mass is 35.5. The van der Waals surface area contributed by atoms with Crippen LogP contribution in [0.1, 0.15) is 5.89 Å². The molecule has 2 aromatic rings. The van der Waals surface area contributed by atoms with E-state index in [0.29, 0.717) is 29.8 Å². The Morgan fingerprint density at radius 1 is 1.48 bits per heavy atom. The van der Waals surface area contributed by atoms with Gasteiger partial charge in [-0.1, -0.05) is 28.9 Å². The molecule has 1 saturated heterocycles. The Morgan fingerprint density at radius 2 is 2.33 bits per heavy atom. The number of nitriles is 1. The summed E-state index contributed by atoms with van der Waals surface area (Å²) in [6.45, 7) is 2.76. The number of piperazine rings is 1. The Morgan fingerprint density at radius 3 is 3.14 bits per heavy atom. The predicted molar refractivity (Wildman–Crippen MR) is 77.4 cm³/mol. The van der Waals surface area contributed by atoms with Crippen LogP contribution >= 0.6 is 11.6 Å². The van der Waals surface area contributed by atoms with Crippen molar-refractivity contribution in [3.05, 3.63) is 35.2 Å². The van der Waals surface area contributed by atoms with Gasteiger partial charge in [-0.15, -0.1) is 0 Å². The van der Waals surface area contributed by atoms with Gasteiger partial charge >= 0.3 is 0 Å². The first kappa shape index (κ1) is 14.0. The Bertz CT molecular complexity index is 665. The average molecular weight is 304 g/mol. The summed E-state index contributed by atoms with van der Waals surface area (Å²) in [5.74, 6) is 0.964. The van der Waals surface area contributed by atoms with E-state index in [0.717, 1.165) is 18.7 Å². The number of nitrogens with zero attached hydrogens (tertiary/aromatic N) is 4. The lowest BCUT2D eigenvalue weighted by Crippen LogP contribution is -2.50. The van der Waals surface area contributed by atoms with Crippen molar-refractivity contribution in [3.63, 3.8) is 0 Å². The van der Waals surface area contributed by atoms with Crippen LogP contribution in [0.15, 0.2) is 28.8 Å². The van der Waals surface area contributed by atoms with Crippen molar-refractivity contribution >= 4 is 11.6 Å². The lowest BCUT2D eigenvalue weighted by molar-refractivity contribution is 0.167. The van der Waals surface area contributed by atoms with E-state index in [9.17, 15) is 0 Å². The van der Waals surface area contributed by atoms with Crippen LogP contribution in [0.2, 0.25) is 5.02 Å². The number of halogens is 1. The minimum atomic E-state index is -0.172. The molecular weight excluding hydrogens is 290 g/mol. The second-order valence-corrected chi connectivity index (χ2v) is 5.22. The molecule has 6 nitrogen and oxygen atoms in total. The van der Waals surface area contributed by atoms with Crippen LogP contribution in [0.4, 0.5) is 0 Å². The van der Waals surface area contributed by atoms with E-state index < -0.39 is 0 Å². The van der Waals surface area contributed by atoms with Gasteiger partial charge in [-0.05, 0) is 12.1 Å². The number of hydrogen-bond acceptors (Lipinski definition) is 6. The second-order valence-electron chi connectivity index (χ2n) is 4.81. The molecule has 1 unspecified atom stereocenters. The zero-order valence-corrected chi connectivity index (χ0v) is 12.0. The van der Waals surface area contributed by atoms with Crippen LogP contribution in [-0.2, 0) is 6.54 Å². The van der Waals surface area contributed by atoms with Gasteiger partial charge in [0, 0.05) is 25.2 Å². The van der Waals surface area contributed by atoms with Crippen molar-refractivity contribution in [2.75, 3.05) is 19.6 Å². The smallest absolute Gasteiger partial charge is 0.241 e. The minimum Gasteiger partial charge on any atom is -0.338 e. The molecule has 0 spiro atoms. The van der Waals surface area contributed by atoms with Crippen molar-refractivity contribution in [1.29, 1.82) is 5.26 Å². The third-order valence-corrected chi connectivity index (χ3v) is 3.75. The summed E-state index contributed by atoms with van der Waals surface area (Å²) in [7, 11) is 0. The zero-order chi connectivity index (χ0) is 14.7. The third-order valence-electron chi connectivity index (χ3n) is 3.42. The van der Waals surface area contributed by atoms with Crippen LogP contribution in [-0.4, -0.2) is 40.7 Å². The van der Waals surface area contributed by atoms with E-state index in [1.54, 1.807) is 6.07 Å². The van der Waals surface area contributed by atoms with E-state index in [1.165, 1.54) is 0 Å². The second kappa shape index (κ2) is 6.22. The lowest BCUT2D eigenvalue weighted by Gasteiger charge is -2.30. The molecule has 1 aliphatic rings. The van der Waals surface area contributed by atoms with Crippen LogP contribution < -0.4 is 5.32 Å². The summed E-state index contributed by atoms with van der Waals surface area (Å²) >= 11 is 6.12. The highest BCUT2D eigenvalue weighted by Gasteiger charge is 2.24. The summed E-state index contributed by atoms with van der Waals surface area (Å²) in [5.41, 5.74) is 0.742. The summed E-state index contributed by atoms with van der Waals surface area (Å²) in [6, 6.07) is 9.46. The van der Waals surface area contributed by atoms with Gasteiger partial charge in [0.2, 0.25) is 11.7 Å². The topological polar surface area (TPSA) is 78.0 Å². The molecule has 108 valence electrons. The molecule has 1 fully saturated rings. The number of rotatable bonds is 3. The largest absolute Gasteiger partial charge is 0.338 e. The Kier molecular flexibility index (Phi) is 4.15. The third kappa shape index (κ3) is 3.05. The standard InChI is InChI=1S/C14H14ClN5O/c15-12-4-2-1-3-11(12)14-18-13(21-19-14)9-20-6-5-17-8-10(20)7-16/h1-4,10,17H,5-6,8-9H2. The SMILES string of the molecule is N#CC1CNCCN1Cc1nc(-c2ccccc2Cl)no1. The zero-order valence-electron chi connectivity index (χ0n) is 11.3. The maximum absolute atomic E-state index is 9.14. The fourth-order valence-electron chi connectivity index (χ4n) is 2.31. The number of hydrogen-bond donors (Lipinski definition) is 1. The summed E-state index contributed by atoms with van der Waals surface area (Å²) in [4.78, 5) is 6.40. The summed E-state index contributed by atoms with van der Waals surface area (Å²) in [5, 5.41) is 16.9. The monoisotopic (exact) mass is 303 g/mol. The predicted octanol–water partition coefficient (Wildman–Crippen LogP) is 1.69. The first-order valence-corrected chi connectivity index (χ1v) is 7.07. The van der Waals surface area contributed by atoms with Gasteiger partial charge in [0.15, 0.2) is 0 Å². The molecule has 1 N–H and O–H groups in total. The van der Waals surface area contributed by atoms with Crippen LogP contribution in [0.5, 0.6) is 0 Å². The minimum absolute atomic E-state index is 0.172. The quantitative estimate of drug-likeness (QED) is 0.929. The molecule has 3 rings (SSSR count). The summed E-state index contributed by atoms with van der Waals surface area (Å²) < 4.78 is 5.28. The van der Waals surface area contributed by atoms with E-state index in [-0.39, 0.29) is 6.04 Å². The first-order valence-electron chi connectivity index (χ1n) is 6.70. The van der Waals surface area contributed by atoms with Gasteiger partial charge in [0.05, 0.1) is 17.6 Å². The van der Waals surface area contributed by atoms with Crippen LogP contribution in [0, 0.1) is 11.3 Å². The molecule has 0 saturated carbocycles. The van der Waals surface area contributed by atoms with Crippen molar-refractivity contribution in [3.8, 4) is 17.5 Å². The lowest BCUT2D eigenvalue weighted by atomic mass is 10.2. The molecule has 2 heterocycles. The molecule has 0 bridgehead atoms. The number of aromatic nitrogens is 2. The van der Waals surface area contributed by atoms with E-state index in [2.05, 4.69) is 21.5 Å². The van der Waals surface area contributed by atoms with E-state index in [1.807, 2.05) is 23.1 Å². The van der Waals surface area contributed by atoms with Gasteiger partial charge in [-0.2, -0.15) is 10.2 Å². The summed E-state index contributed by atoms with van der Waals surface area (Å²) in [6.07, 6.45) is 0. The highest BCUT2D eigenvalue weighted by molar-refractivity contribution is 6.33. The maximum Gasteiger partial charge on any atom is 0.241 e. The molecule has 0 amide bonds. The van der Waals surface area contributed by atoms with Crippen molar-refractivity contribution in [2.24, 2.45) is 0 Å². The van der Waals surface area contributed by atoms with Crippen molar-refractivity contribution in [1.82, 2.24) is 20.4 Å². The highest BCUT2D eigenvalue weighted by Crippen LogP contribution is 2.25. The van der Waals surface area contributed by atoms with Gasteiger partial charge in [0.1, 0.15) is 6.04 Å². The molecule has 0 aliphatic carbocycles. The Balaban J connectivity index is 1.76. The van der Waals surface area contributed by atoms with E-state index >= 15 is 0 Å². The maximum atomic E-state index is 9.14. The van der Waals surface area contributed by atoms with Crippen molar-refractivity contribution in [2.45, 2.75) is 12.6 Å². The van der Waals surface area contributed by atoms with Gasteiger partial charge in [-0.3, -0.25) is 4.90 Å². The normalized spacial score (nSPS) is 19.3. The van der Waals surface area contributed by atoms with Crippen molar-refractivity contribution < 1.29 is 4.52 Å². The molecule has 1 aromatic heterocycles. The van der Waals surface area contributed by atoms with Gasteiger partial charge in [0.25, 0.3) is 0 Å². The Labute approximate surface area is 127 Å². The average Bonchev–Trinajstić information content (AvgIpc) is 2.96. The van der Waals surface area contributed by atoms with Crippen LogP contribution in [0.3, 0.4) is 0 Å². The molecule has 1 atom stereocenters. The van der Waals surface area contributed by atoms with E-state index in [4.69, 9.17) is 21.4 Å². The molecule has 1 aliphatic heterocycles. The molecule has 21 heavy (non-hydrogen) atoms. The molecule has 0 radical (unpaired) electrons. The molecule has 7 heteroatoms. The van der Waals surface area contributed by atoms with Gasteiger partial charge in [-0.25, -0.2) is 0 Å². The Hall–Kier alpha value is -1.94. The van der Waals surface area contributed by atoms with Gasteiger partial charge < -0.3 is 9.84 Å². The fourth-order valence-corrected chi connectivity index (χ4v) is 2.53. The fraction of sp³-hybridized carbons (Fsp3) is 0.357. The van der Waals surface area contributed by atoms with Crippen LogP contribution in [0.25, 0.3) is 11.4 Å².